The van der Waals surface area contributed by atoms with E-state index >= 15 is 0 Å². The largest absolute Gasteiger partial charge is 0.352 e. The fourth-order valence-electron chi connectivity index (χ4n) is 3.54. The van der Waals surface area contributed by atoms with Crippen LogP contribution in [-0.2, 0) is 21.2 Å². The first-order valence-electron chi connectivity index (χ1n) is 10.4. The molecule has 2 aromatic rings. The molecule has 0 aliphatic carbocycles. The van der Waals surface area contributed by atoms with Crippen LogP contribution in [0.3, 0.4) is 0 Å². The van der Waals surface area contributed by atoms with Gasteiger partial charge in [-0.1, -0.05) is 30.3 Å². The third-order valence-electron chi connectivity index (χ3n) is 5.28. The molecule has 9 heteroatoms. The second kappa shape index (κ2) is 10.8. The Morgan fingerprint density at radius 3 is 2.47 bits per heavy atom. The fraction of sp³-hybridized carbons (Fsp3) is 0.304. The predicted molar refractivity (Wildman–Crippen MR) is 124 cm³/mol. The second-order valence-corrected chi connectivity index (χ2v) is 9.95. The molecule has 0 bridgehead atoms. The van der Waals surface area contributed by atoms with Crippen LogP contribution in [-0.4, -0.2) is 50.2 Å². The van der Waals surface area contributed by atoms with Gasteiger partial charge in [-0.05, 0) is 67.3 Å². The number of carbonyl (C=O) groups is 2. The van der Waals surface area contributed by atoms with Gasteiger partial charge in [0, 0.05) is 36.3 Å². The Balaban J connectivity index is 1.58. The second-order valence-electron chi connectivity index (χ2n) is 7.57. The zero-order chi connectivity index (χ0) is 23.1. The van der Waals surface area contributed by atoms with Crippen molar-refractivity contribution < 1.29 is 18.0 Å². The van der Waals surface area contributed by atoms with Crippen LogP contribution in [0.2, 0.25) is 5.02 Å². The Hall–Kier alpha value is -2.68. The standard InChI is InChI=1S/C23H26ClN3O4S/c1-2-22(28)26-20-4-3-15-27(16-20)32(30,31)21-11-7-18(8-12-21)23(29)25-14-13-17-5-9-19(24)10-6-17/h2,5-12,20H,1,3-4,13-16H2,(H,25,29)(H,26,28)/t20-/m0/s1. The van der Waals surface area contributed by atoms with E-state index in [1.807, 2.05) is 12.1 Å². The van der Waals surface area contributed by atoms with Crippen LogP contribution in [0.5, 0.6) is 0 Å². The van der Waals surface area contributed by atoms with Crippen molar-refractivity contribution in [3.8, 4) is 0 Å². The Kier molecular flexibility index (Phi) is 8.06. The van der Waals surface area contributed by atoms with Gasteiger partial charge in [-0.3, -0.25) is 9.59 Å². The zero-order valence-corrected chi connectivity index (χ0v) is 19.2. The molecule has 7 nitrogen and oxygen atoms in total. The van der Waals surface area contributed by atoms with Crippen LogP contribution >= 0.6 is 11.6 Å². The average molecular weight is 476 g/mol. The number of rotatable bonds is 8. The number of nitrogens with one attached hydrogen (secondary N) is 2. The van der Waals surface area contributed by atoms with E-state index in [1.165, 1.54) is 34.6 Å². The van der Waals surface area contributed by atoms with Crippen LogP contribution in [0.4, 0.5) is 0 Å². The summed E-state index contributed by atoms with van der Waals surface area (Å²) in [6, 6.07) is 13.0. The van der Waals surface area contributed by atoms with Crippen molar-refractivity contribution in [3.63, 3.8) is 0 Å². The molecule has 0 aromatic heterocycles. The third-order valence-corrected chi connectivity index (χ3v) is 7.41. The first-order chi connectivity index (χ1) is 15.3. The topological polar surface area (TPSA) is 95.6 Å². The molecule has 3 rings (SSSR count). The van der Waals surface area contributed by atoms with Crippen molar-refractivity contribution >= 4 is 33.4 Å². The van der Waals surface area contributed by atoms with Gasteiger partial charge in [-0.25, -0.2) is 8.42 Å². The number of hydrogen-bond donors (Lipinski definition) is 2. The minimum atomic E-state index is -3.72. The van der Waals surface area contributed by atoms with Gasteiger partial charge in [-0.15, -0.1) is 0 Å². The minimum Gasteiger partial charge on any atom is -0.352 e. The Morgan fingerprint density at radius 2 is 1.81 bits per heavy atom. The molecule has 0 spiro atoms. The maximum atomic E-state index is 13.0. The molecule has 0 radical (unpaired) electrons. The van der Waals surface area contributed by atoms with E-state index in [1.54, 1.807) is 12.1 Å². The number of carbonyl (C=O) groups excluding carboxylic acids is 2. The predicted octanol–water partition coefficient (Wildman–Crippen LogP) is 2.77. The van der Waals surface area contributed by atoms with Gasteiger partial charge in [0.15, 0.2) is 0 Å². The fourth-order valence-corrected chi connectivity index (χ4v) is 5.19. The number of benzene rings is 2. The molecule has 170 valence electrons. The highest BCUT2D eigenvalue weighted by molar-refractivity contribution is 7.89. The van der Waals surface area contributed by atoms with Crippen LogP contribution in [0.15, 0.2) is 66.1 Å². The summed E-state index contributed by atoms with van der Waals surface area (Å²) < 4.78 is 27.4. The van der Waals surface area contributed by atoms with Crippen molar-refractivity contribution in [2.75, 3.05) is 19.6 Å². The molecule has 1 saturated heterocycles. The van der Waals surface area contributed by atoms with E-state index in [4.69, 9.17) is 11.6 Å². The van der Waals surface area contributed by atoms with E-state index in [0.717, 1.165) is 5.56 Å². The quantitative estimate of drug-likeness (QED) is 0.574. The lowest BCUT2D eigenvalue weighted by Gasteiger charge is -2.32. The number of hydrogen-bond acceptors (Lipinski definition) is 4. The van der Waals surface area contributed by atoms with Crippen molar-refractivity contribution in [3.05, 3.63) is 77.3 Å². The molecule has 1 aliphatic rings. The molecule has 0 unspecified atom stereocenters. The smallest absolute Gasteiger partial charge is 0.251 e. The van der Waals surface area contributed by atoms with Crippen molar-refractivity contribution in [1.29, 1.82) is 0 Å². The summed E-state index contributed by atoms with van der Waals surface area (Å²) >= 11 is 5.87. The molecule has 2 aromatic carbocycles. The highest BCUT2D eigenvalue weighted by Gasteiger charge is 2.30. The van der Waals surface area contributed by atoms with Gasteiger partial charge in [0.25, 0.3) is 5.91 Å². The Morgan fingerprint density at radius 1 is 1.12 bits per heavy atom. The summed E-state index contributed by atoms with van der Waals surface area (Å²) in [5.41, 5.74) is 1.44. The van der Waals surface area contributed by atoms with Crippen LogP contribution in [0.25, 0.3) is 0 Å². The maximum absolute atomic E-state index is 13.0. The number of nitrogens with zero attached hydrogens (tertiary/aromatic N) is 1. The maximum Gasteiger partial charge on any atom is 0.251 e. The van der Waals surface area contributed by atoms with Gasteiger partial charge in [0.2, 0.25) is 15.9 Å². The summed E-state index contributed by atoms with van der Waals surface area (Å²) in [5, 5.41) is 6.25. The van der Waals surface area contributed by atoms with Gasteiger partial charge < -0.3 is 10.6 Å². The lowest BCUT2D eigenvalue weighted by Crippen LogP contribution is -2.49. The van der Waals surface area contributed by atoms with Crippen molar-refractivity contribution in [2.24, 2.45) is 0 Å². The minimum absolute atomic E-state index is 0.117. The molecule has 32 heavy (non-hydrogen) atoms. The molecule has 0 saturated carbocycles. The van der Waals surface area contributed by atoms with Gasteiger partial charge in [-0.2, -0.15) is 4.31 Å². The number of sulfonamides is 1. The zero-order valence-electron chi connectivity index (χ0n) is 17.6. The summed E-state index contributed by atoms with van der Waals surface area (Å²) in [7, 11) is -3.72. The summed E-state index contributed by atoms with van der Waals surface area (Å²) in [4.78, 5) is 24.0. The summed E-state index contributed by atoms with van der Waals surface area (Å²) in [5.74, 6) is -0.589. The van der Waals surface area contributed by atoms with Crippen molar-refractivity contribution in [2.45, 2.75) is 30.2 Å². The molecule has 1 heterocycles. The molecule has 1 fully saturated rings. The van der Waals surface area contributed by atoms with Gasteiger partial charge in [0.05, 0.1) is 4.90 Å². The Labute approximate surface area is 193 Å². The first kappa shape index (κ1) is 24.0. The van der Waals surface area contributed by atoms with E-state index in [9.17, 15) is 18.0 Å². The first-order valence-corrected chi connectivity index (χ1v) is 12.2. The average Bonchev–Trinajstić information content (AvgIpc) is 2.80. The van der Waals surface area contributed by atoms with Gasteiger partial charge >= 0.3 is 0 Å². The van der Waals surface area contributed by atoms with Crippen LogP contribution < -0.4 is 10.6 Å². The van der Waals surface area contributed by atoms with E-state index in [2.05, 4.69) is 17.2 Å². The highest BCUT2D eigenvalue weighted by atomic mass is 35.5. The highest BCUT2D eigenvalue weighted by Crippen LogP contribution is 2.21. The van der Waals surface area contributed by atoms with Crippen LogP contribution in [0, 0.1) is 0 Å². The summed E-state index contributed by atoms with van der Waals surface area (Å²) in [6.45, 7) is 4.46. The van der Waals surface area contributed by atoms with E-state index in [-0.39, 0.29) is 29.3 Å². The Bertz CT molecular complexity index is 1070. The number of piperidine rings is 1. The molecule has 2 N–H and O–H groups in total. The molecule has 1 aliphatic heterocycles. The normalized spacial score (nSPS) is 16.8. The van der Waals surface area contributed by atoms with E-state index < -0.39 is 10.0 Å². The van der Waals surface area contributed by atoms with Gasteiger partial charge in [0.1, 0.15) is 0 Å². The number of halogens is 1. The van der Waals surface area contributed by atoms with Crippen LogP contribution in [0.1, 0.15) is 28.8 Å². The third kappa shape index (κ3) is 6.18. The molecular weight excluding hydrogens is 450 g/mol. The molecular formula is C23H26ClN3O4S. The molecule has 2 amide bonds. The SMILES string of the molecule is C=CC(=O)N[C@H]1CCCN(S(=O)(=O)c2ccc(C(=O)NCCc3ccc(Cl)cc3)cc2)C1. The van der Waals surface area contributed by atoms with Crippen molar-refractivity contribution in [1.82, 2.24) is 14.9 Å². The summed E-state index contributed by atoms with van der Waals surface area (Å²) in [6.07, 6.45) is 3.19. The number of amides is 2. The van der Waals surface area contributed by atoms with E-state index in [0.29, 0.717) is 42.9 Å². The monoisotopic (exact) mass is 475 g/mol. The lowest BCUT2D eigenvalue weighted by molar-refractivity contribution is -0.117. The lowest BCUT2D eigenvalue weighted by atomic mass is 10.1. The molecule has 1 atom stereocenters.